The van der Waals surface area contributed by atoms with Crippen LogP contribution in [-0.4, -0.2) is 0 Å². The number of benzene rings is 1. The van der Waals surface area contributed by atoms with E-state index in [0.717, 1.165) is 0 Å². The Morgan fingerprint density at radius 3 is 0.600 bits per heavy atom. The van der Waals surface area contributed by atoms with Crippen molar-refractivity contribution < 1.29 is 0 Å². The van der Waals surface area contributed by atoms with Crippen LogP contribution < -0.4 is 6.15 Å². The molecule has 0 aromatic heterocycles. The number of halogens is 3. The third-order valence-corrected chi connectivity index (χ3v) is 0.667. The molecular weight excluding hydrogens is 326 g/mol. The molecule has 0 aliphatic rings. The van der Waals surface area contributed by atoms with Crippen molar-refractivity contribution >= 4 is 50.9 Å². The van der Waals surface area contributed by atoms with E-state index in [2.05, 4.69) is 0 Å². The van der Waals surface area contributed by atoms with Gasteiger partial charge in [0, 0.05) is 0 Å². The molecule has 0 atom stereocenters. The van der Waals surface area contributed by atoms with Crippen molar-refractivity contribution in [2.24, 2.45) is 0 Å². The van der Waals surface area contributed by atoms with E-state index in [1.165, 1.54) is 0 Å². The first-order valence-electron chi connectivity index (χ1n) is 2.00. The highest BCUT2D eigenvalue weighted by Gasteiger charge is 1.57. The van der Waals surface area contributed by atoms with Crippen LogP contribution in [0.4, 0.5) is 0 Å². The van der Waals surface area contributed by atoms with Gasteiger partial charge in [0.15, 0.2) is 0 Å². The first-order chi connectivity index (χ1) is 3.00. The summed E-state index contributed by atoms with van der Waals surface area (Å²) in [5, 5.41) is 0. The second kappa shape index (κ2) is 16.3. The summed E-state index contributed by atoms with van der Waals surface area (Å²) >= 11 is 0. The predicted octanol–water partition coefficient (Wildman–Crippen LogP) is 3.58. The normalized spacial score (nSPS) is 4.80. The molecule has 1 aromatic rings. The van der Waals surface area contributed by atoms with Crippen molar-refractivity contribution in [3.63, 3.8) is 0 Å². The molecule has 0 saturated heterocycles. The molecule has 0 amide bonds. The van der Waals surface area contributed by atoms with Crippen LogP contribution in [0.3, 0.4) is 0 Å². The van der Waals surface area contributed by atoms with E-state index >= 15 is 0 Å². The highest BCUT2D eigenvalue weighted by Crippen LogP contribution is 1.79. The van der Waals surface area contributed by atoms with Gasteiger partial charge in [-0.15, -0.1) is 50.9 Å². The van der Waals surface area contributed by atoms with Crippen LogP contribution in [0.1, 0.15) is 0 Å². The van der Waals surface area contributed by atoms with E-state index < -0.39 is 0 Å². The van der Waals surface area contributed by atoms with Crippen molar-refractivity contribution in [2.75, 3.05) is 0 Å². The first-order valence-corrected chi connectivity index (χ1v) is 2.00. The molecule has 3 N–H and O–H groups in total. The smallest absolute Gasteiger partial charge is 0.0623 e. The highest BCUT2D eigenvalue weighted by molar-refractivity contribution is 8.93. The molecule has 0 bridgehead atoms. The van der Waals surface area contributed by atoms with Gasteiger partial charge in [-0.05, 0) is 0 Å². The second-order valence-corrected chi connectivity index (χ2v) is 1.15. The van der Waals surface area contributed by atoms with Gasteiger partial charge in [0.2, 0.25) is 0 Å². The van der Waals surface area contributed by atoms with Crippen LogP contribution in [0.5, 0.6) is 0 Å². The fourth-order valence-electron chi connectivity index (χ4n) is 0.385. The Morgan fingerprint density at radius 1 is 0.400 bits per heavy atom. The van der Waals surface area contributed by atoms with Crippen molar-refractivity contribution in [1.82, 2.24) is 6.15 Å². The summed E-state index contributed by atoms with van der Waals surface area (Å²) in [5.74, 6) is 0. The maximum Gasteiger partial charge on any atom is -0.0623 e. The molecule has 1 rings (SSSR count). The van der Waals surface area contributed by atoms with Crippen molar-refractivity contribution in [2.45, 2.75) is 0 Å². The molecule has 0 heterocycles. The van der Waals surface area contributed by atoms with E-state index in [0.29, 0.717) is 0 Å². The van der Waals surface area contributed by atoms with Crippen LogP contribution in [0, 0.1) is 0 Å². The molecule has 0 aliphatic carbocycles. The van der Waals surface area contributed by atoms with E-state index in [-0.39, 0.29) is 57.1 Å². The fourth-order valence-corrected chi connectivity index (χ4v) is 0.385. The predicted molar refractivity (Wildman–Crippen MR) is 62.4 cm³/mol. The largest absolute Gasteiger partial charge is 0.344 e. The standard InChI is InChI=1S/C6H6.3BrH.H3N/c1-2-4-6-5-3-1;;;;/h1-6H;3*1H;1H3. The molecule has 1 nitrogen and oxygen atoms in total. The van der Waals surface area contributed by atoms with Gasteiger partial charge in [-0.2, -0.15) is 0 Å². The van der Waals surface area contributed by atoms with Crippen LogP contribution in [0.25, 0.3) is 0 Å². The summed E-state index contributed by atoms with van der Waals surface area (Å²) in [7, 11) is 0. The second-order valence-electron chi connectivity index (χ2n) is 1.15. The van der Waals surface area contributed by atoms with Gasteiger partial charge in [0.05, 0.1) is 0 Å². The Morgan fingerprint density at radius 2 is 0.500 bits per heavy atom. The van der Waals surface area contributed by atoms with Gasteiger partial charge in [-0.1, -0.05) is 36.4 Å². The zero-order chi connectivity index (χ0) is 4.24. The van der Waals surface area contributed by atoms with E-state index in [1.54, 1.807) is 0 Å². The van der Waals surface area contributed by atoms with Gasteiger partial charge in [-0.3, -0.25) is 0 Å². The van der Waals surface area contributed by atoms with Gasteiger partial charge >= 0.3 is 0 Å². The first kappa shape index (κ1) is 22.4. The summed E-state index contributed by atoms with van der Waals surface area (Å²) in [4.78, 5) is 0. The molecule has 0 aliphatic heterocycles. The lowest BCUT2D eigenvalue weighted by atomic mass is 10.4. The number of hydrogen-bond donors (Lipinski definition) is 1. The number of rotatable bonds is 0. The lowest BCUT2D eigenvalue weighted by Crippen LogP contribution is -1.47. The van der Waals surface area contributed by atoms with Crippen LogP contribution >= 0.6 is 50.9 Å². The summed E-state index contributed by atoms with van der Waals surface area (Å²) in [5.41, 5.74) is 0. The van der Waals surface area contributed by atoms with E-state index in [9.17, 15) is 0 Å². The minimum Gasteiger partial charge on any atom is -0.344 e. The maximum absolute atomic E-state index is 2.00. The number of hydrogen-bond acceptors (Lipinski definition) is 1. The molecular formula is C6H12Br3N. The van der Waals surface area contributed by atoms with Crippen LogP contribution in [0.15, 0.2) is 36.4 Å². The molecule has 0 fully saturated rings. The lowest BCUT2D eigenvalue weighted by Gasteiger charge is -1.69. The molecule has 0 spiro atoms. The van der Waals surface area contributed by atoms with E-state index in [4.69, 9.17) is 0 Å². The molecule has 62 valence electrons. The van der Waals surface area contributed by atoms with Gasteiger partial charge in [0.1, 0.15) is 0 Å². The van der Waals surface area contributed by atoms with Gasteiger partial charge in [0.25, 0.3) is 0 Å². The van der Waals surface area contributed by atoms with Crippen molar-refractivity contribution in [1.29, 1.82) is 0 Å². The van der Waals surface area contributed by atoms with Crippen LogP contribution in [0.2, 0.25) is 0 Å². The minimum atomic E-state index is 0. The summed E-state index contributed by atoms with van der Waals surface area (Å²) in [6.45, 7) is 0. The third-order valence-electron chi connectivity index (χ3n) is 0.667. The Kier molecular flexibility index (Phi) is 36.6. The van der Waals surface area contributed by atoms with Gasteiger partial charge < -0.3 is 6.15 Å². The SMILES string of the molecule is Br.Br.Br.N.c1ccccc1. The zero-order valence-corrected chi connectivity index (χ0v) is 10.5. The topological polar surface area (TPSA) is 35.0 Å². The molecule has 10 heavy (non-hydrogen) atoms. The van der Waals surface area contributed by atoms with Crippen LogP contribution in [-0.2, 0) is 0 Å². The zero-order valence-electron chi connectivity index (χ0n) is 5.40. The van der Waals surface area contributed by atoms with E-state index in [1.807, 2.05) is 36.4 Å². The Labute approximate surface area is 93.1 Å². The lowest BCUT2D eigenvalue weighted by molar-refractivity contribution is 1.72. The average molecular weight is 338 g/mol. The molecule has 4 heteroatoms. The highest BCUT2D eigenvalue weighted by atomic mass is 79.9. The van der Waals surface area contributed by atoms with Crippen molar-refractivity contribution in [3.05, 3.63) is 36.4 Å². The monoisotopic (exact) mass is 335 g/mol. The fraction of sp³-hybridized carbons (Fsp3) is 0. The average Bonchev–Trinajstić information content (AvgIpc) is 1.72. The Bertz CT molecular complexity index is 84.9. The Balaban J connectivity index is -0.0000000450. The summed E-state index contributed by atoms with van der Waals surface area (Å²) in [6, 6.07) is 12.0. The molecule has 0 saturated carbocycles. The molecule has 1 aromatic carbocycles. The minimum absolute atomic E-state index is 0. The molecule has 0 unspecified atom stereocenters. The van der Waals surface area contributed by atoms with Crippen molar-refractivity contribution in [3.8, 4) is 0 Å². The summed E-state index contributed by atoms with van der Waals surface area (Å²) < 4.78 is 0. The Hall–Kier alpha value is 0.620. The molecule has 0 radical (unpaired) electrons. The third kappa shape index (κ3) is 11.4. The van der Waals surface area contributed by atoms with Gasteiger partial charge in [-0.25, -0.2) is 0 Å². The quantitative estimate of drug-likeness (QED) is 0.771. The maximum atomic E-state index is 2.00. The summed E-state index contributed by atoms with van der Waals surface area (Å²) in [6.07, 6.45) is 0.